The summed E-state index contributed by atoms with van der Waals surface area (Å²) in [6, 6.07) is 2.23. The summed E-state index contributed by atoms with van der Waals surface area (Å²) in [6.45, 7) is 7.26. The van der Waals surface area contributed by atoms with E-state index >= 15 is 0 Å². The van der Waals surface area contributed by atoms with Crippen molar-refractivity contribution in [3.8, 4) is 0 Å². The average Bonchev–Trinajstić information content (AvgIpc) is 2.76. The van der Waals surface area contributed by atoms with Crippen molar-refractivity contribution >= 4 is 17.6 Å². The van der Waals surface area contributed by atoms with Crippen molar-refractivity contribution in [2.24, 2.45) is 5.41 Å². The van der Waals surface area contributed by atoms with E-state index in [0.717, 1.165) is 45.2 Å². The molecule has 0 aromatic carbocycles. The maximum absolute atomic E-state index is 11.3. The van der Waals surface area contributed by atoms with Gasteiger partial charge in [0.05, 0.1) is 0 Å². The highest BCUT2D eigenvalue weighted by Gasteiger charge is 2.27. The van der Waals surface area contributed by atoms with Crippen molar-refractivity contribution in [1.82, 2.24) is 4.90 Å². The summed E-state index contributed by atoms with van der Waals surface area (Å²) >= 11 is 1.87. The second-order valence-electron chi connectivity index (χ2n) is 5.35. The molecular weight excluding hydrogens is 230 g/mol. The van der Waals surface area contributed by atoms with E-state index in [4.69, 9.17) is 0 Å². The van der Waals surface area contributed by atoms with Gasteiger partial charge in [0.15, 0.2) is 0 Å². The van der Waals surface area contributed by atoms with Gasteiger partial charge < -0.3 is 4.79 Å². The fraction of sp³-hybridized carbons (Fsp3) is 0.643. The van der Waals surface area contributed by atoms with Crippen LogP contribution in [-0.2, 0) is 17.8 Å². The normalized spacial score (nSPS) is 19.6. The lowest BCUT2D eigenvalue weighted by Gasteiger charge is -2.33. The summed E-state index contributed by atoms with van der Waals surface area (Å²) in [5, 5.41) is 2.18. The molecule has 0 saturated heterocycles. The second-order valence-corrected chi connectivity index (χ2v) is 6.35. The van der Waals surface area contributed by atoms with Crippen LogP contribution in [0.3, 0.4) is 0 Å². The lowest BCUT2D eigenvalue weighted by Crippen LogP contribution is -2.39. The first-order chi connectivity index (χ1) is 8.17. The van der Waals surface area contributed by atoms with Gasteiger partial charge in [0.2, 0.25) is 0 Å². The molecule has 0 aliphatic carbocycles. The van der Waals surface area contributed by atoms with Gasteiger partial charge in [0.1, 0.15) is 6.29 Å². The molecule has 1 atom stereocenters. The Hall–Kier alpha value is -0.670. The molecule has 0 spiro atoms. The maximum Gasteiger partial charge on any atom is 0.127 e. The SMILES string of the molecule is CCCC(C)(C=O)CN1CCc2sccc2C1. The van der Waals surface area contributed by atoms with Crippen LogP contribution in [0.4, 0.5) is 0 Å². The lowest BCUT2D eigenvalue weighted by molar-refractivity contribution is -0.117. The number of nitrogens with zero attached hydrogens (tertiary/aromatic N) is 1. The highest BCUT2D eigenvalue weighted by molar-refractivity contribution is 7.10. The molecule has 2 nitrogen and oxygen atoms in total. The van der Waals surface area contributed by atoms with Crippen molar-refractivity contribution in [1.29, 1.82) is 0 Å². The highest BCUT2D eigenvalue weighted by atomic mass is 32.1. The Morgan fingerprint density at radius 2 is 2.41 bits per heavy atom. The van der Waals surface area contributed by atoms with Crippen molar-refractivity contribution < 1.29 is 4.79 Å². The fourth-order valence-electron chi connectivity index (χ4n) is 2.70. The summed E-state index contributed by atoms with van der Waals surface area (Å²) in [5.74, 6) is 0. The van der Waals surface area contributed by atoms with Crippen molar-refractivity contribution in [3.05, 3.63) is 21.9 Å². The minimum atomic E-state index is -0.164. The van der Waals surface area contributed by atoms with Crippen LogP contribution in [0.15, 0.2) is 11.4 Å². The predicted octanol–water partition coefficient (Wildman–Crippen LogP) is 3.11. The van der Waals surface area contributed by atoms with E-state index in [1.54, 1.807) is 0 Å². The van der Waals surface area contributed by atoms with Crippen LogP contribution in [0, 0.1) is 5.41 Å². The molecule has 17 heavy (non-hydrogen) atoms. The number of fused-ring (bicyclic) bond motifs is 1. The maximum atomic E-state index is 11.3. The summed E-state index contributed by atoms with van der Waals surface area (Å²) in [7, 11) is 0. The van der Waals surface area contributed by atoms with Gasteiger partial charge in [0, 0.05) is 29.9 Å². The molecular formula is C14H21NOS. The molecule has 2 rings (SSSR count). The summed E-state index contributed by atoms with van der Waals surface area (Å²) in [6.07, 6.45) is 4.37. The number of thiophene rings is 1. The minimum Gasteiger partial charge on any atom is -0.303 e. The van der Waals surface area contributed by atoms with Crippen molar-refractivity contribution in [2.75, 3.05) is 13.1 Å². The van der Waals surface area contributed by atoms with Gasteiger partial charge in [0.25, 0.3) is 0 Å². The Morgan fingerprint density at radius 3 is 3.12 bits per heavy atom. The van der Waals surface area contributed by atoms with E-state index in [-0.39, 0.29) is 5.41 Å². The first kappa shape index (κ1) is 12.8. The van der Waals surface area contributed by atoms with Crippen LogP contribution in [0.2, 0.25) is 0 Å². The summed E-state index contributed by atoms with van der Waals surface area (Å²) in [5.41, 5.74) is 1.30. The molecule has 1 aromatic rings. The zero-order valence-electron chi connectivity index (χ0n) is 10.7. The number of hydrogen-bond donors (Lipinski definition) is 0. The Labute approximate surface area is 108 Å². The molecule has 3 heteroatoms. The van der Waals surface area contributed by atoms with E-state index in [2.05, 4.69) is 30.2 Å². The lowest BCUT2D eigenvalue weighted by atomic mass is 9.86. The van der Waals surface area contributed by atoms with Crippen LogP contribution in [0.5, 0.6) is 0 Å². The van der Waals surface area contributed by atoms with Gasteiger partial charge in [-0.1, -0.05) is 20.3 Å². The van der Waals surface area contributed by atoms with E-state index in [1.165, 1.54) is 10.4 Å². The second kappa shape index (κ2) is 5.32. The van der Waals surface area contributed by atoms with Gasteiger partial charge in [-0.25, -0.2) is 0 Å². The third-order valence-electron chi connectivity index (χ3n) is 3.58. The first-order valence-electron chi connectivity index (χ1n) is 6.41. The largest absolute Gasteiger partial charge is 0.303 e. The van der Waals surface area contributed by atoms with Crippen LogP contribution in [-0.4, -0.2) is 24.3 Å². The third-order valence-corrected chi connectivity index (χ3v) is 4.60. The molecule has 0 saturated carbocycles. The average molecular weight is 251 g/mol. The van der Waals surface area contributed by atoms with Gasteiger partial charge in [-0.05, 0) is 29.9 Å². The number of aldehydes is 1. The molecule has 1 unspecified atom stereocenters. The van der Waals surface area contributed by atoms with Gasteiger partial charge >= 0.3 is 0 Å². The molecule has 1 aromatic heterocycles. The van der Waals surface area contributed by atoms with Crippen LogP contribution >= 0.6 is 11.3 Å². The molecule has 1 aliphatic heterocycles. The first-order valence-corrected chi connectivity index (χ1v) is 7.29. The number of carbonyl (C=O) groups is 1. The van der Waals surface area contributed by atoms with Gasteiger partial charge in [-0.15, -0.1) is 11.3 Å². The predicted molar refractivity (Wildman–Crippen MR) is 72.4 cm³/mol. The zero-order chi connectivity index (χ0) is 12.3. The van der Waals surface area contributed by atoms with E-state index in [0.29, 0.717) is 0 Å². The van der Waals surface area contributed by atoms with Gasteiger partial charge in [-0.3, -0.25) is 4.90 Å². The minimum absolute atomic E-state index is 0.164. The molecule has 0 bridgehead atoms. The van der Waals surface area contributed by atoms with Gasteiger partial charge in [-0.2, -0.15) is 0 Å². The van der Waals surface area contributed by atoms with Crippen LogP contribution < -0.4 is 0 Å². The molecule has 0 radical (unpaired) electrons. The quantitative estimate of drug-likeness (QED) is 0.749. The molecule has 2 heterocycles. The highest BCUT2D eigenvalue weighted by Crippen LogP contribution is 2.28. The molecule has 1 aliphatic rings. The van der Waals surface area contributed by atoms with Crippen molar-refractivity contribution in [2.45, 2.75) is 39.7 Å². The third kappa shape index (κ3) is 2.96. The molecule has 0 N–H and O–H groups in total. The Bertz CT molecular complexity index is 387. The number of carbonyl (C=O) groups excluding carboxylic acids is 1. The summed E-state index contributed by atoms with van der Waals surface area (Å²) < 4.78 is 0. The monoisotopic (exact) mass is 251 g/mol. The van der Waals surface area contributed by atoms with E-state index in [1.807, 2.05) is 11.3 Å². The zero-order valence-corrected chi connectivity index (χ0v) is 11.6. The Kier molecular flexibility index (Phi) is 4.00. The van der Waals surface area contributed by atoms with E-state index < -0.39 is 0 Å². The number of rotatable bonds is 5. The van der Waals surface area contributed by atoms with Crippen LogP contribution in [0.1, 0.15) is 37.1 Å². The smallest absolute Gasteiger partial charge is 0.127 e. The topological polar surface area (TPSA) is 20.3 Å². The van der Waals surface area contributed by atoms with Crippen molar-refractivity contribution in [3.63, 3.8) is 0 Å². The van der Waals surface area contributed by atoms with Crippen LogP contribution in [0.25, 0.3) is 0 Å². The fourth-order valence-corrected chi connectivity index (χ4v) is 3.59. The Morgan fingerprint density at radius 1 is 1.59 bits per heavy atom. The van der Waals surface area contributed by atoms with E-state index in [9.17, 15) is 4.79 Å². The molecule has 94 valence electrons. The Balaban J connectivity index is 1.99. The summed E-state index contributed by atoms with van der Waals surface area (Å²) in [4.78, 5) is 15.2. The molecule has 0 fully saturated rings. The number of hydrogen-bond acceptors (Lipinski definition) is 3. The standard InChI is InChI=1S/C14H21NOS/c1-3-6-14(2,11-16)10-15-7-4-13-12(9-15)5-8-17-13/h5,8,11H,3-4,6-7,9-10H2,1-2H3. The molecule has 0 amide bonds.